The first-order valence-corrected chi connectivity index (χ1v) is 7.28. The zero-order valence-corrected chi connectivity index (χ0v) is 12.6. The Hall–Kier alpha value is -2.35. The number of hydrogen-bond donors (Lipinski definition) is 1. The van der Waals surface area contributed by atoms with Gasteiger partial charge in [-0.3, -0.25) is 4.79 Å². The van der Waals surface area contributed by atoms with Gasteiger partial charge in [-0.1, -0.05) is 61.9 Å². The molecule has 1 aromatic heterocycles. The van der Waals surface area contributed by atoms with E-state index in [1.54, 1.807) is 0 Å². The van der Waals surface area contributed by atoms with Crippen molar-refractivity contribution in [1.82, 2.24) is 4.98 Å². The van der Waals surface area contributed by atoms with E-state index in [1.807, 2.05) is 12.1 Å². The van der Waals surface area contributed by atoms with Gasteiger partial charge in [-0.2, -0.15) is 0 Å². The molecule has 2 aromatic carbocycles. The molecule has 0 bridgehead atoms. The van der Waals surface area contributed by atoms with Crippen LogP contribution < -0.4 is 0 Å². The molecule has 0 saturated carbocycles. The molecule has 3 aromatic rings. The minimum absolute atomic E-state index is 0.415. The molecule has 1 N–H and O–H groups in total. The number of aromatic nitrogens is 1. The van der Waals surface area contributed by atoms with Crippen LogP contribution in [-0.4, -0.2) is 11.3 Å². The number of H-pyrrole nitrogens is 1. The lowest BCUT2D eigenvalue weighted by Crippen LogP contribution is -1.88. The van der Waals surface area contributed by atoms with E-state index < -0.39 is 0 Å². The van der Waals surface area contributed by atoms with Crippen LogP contribution in [-0.2, 0) is 0 Å². The summed E-state index contributed by atoms with van der Waals surface area (Å²) in [4.78, 5) is 15.1. The number of benzene rings is 2. The molecule has 21 heavy (non-hydrogen) atoms. The molecular weight excluding hydrogens is 258 g/mol. The van der Waals surface area contributed by atoms with E-state index in [1.165, 1.54) is 11.1 Å². The van der Waals surface area contributed by atoms with Gasteiger partial charge in [0.2, 0.25) is 0 Å². The lowest BCUT2D eigenvalue weighted by molar-refractivity contribution is 0.112. The van der Waals surface area contributed by atoms with Crippen LogP contribution in [0.15, 0.2) is 42.5 Å². The maximum Gasteiger partial charge on any atom is 0.152 e. The minimum Gasteiger partial charge on any atom is -0.354 e. The SMILES string of the molecule is Cc1ccc(-c2[nH]c3c(C(C)C)cccc3c2C=O)cc1. The van der Waals surface area contributed by atoms with Gasteiger partial charge in [0, 0.05) is 10.9 Å². The summed E-state index contributed by atoms with van der Waals surface area (Å²) in [5.41, 5.74) is 6.24. The van der Waals surface area contributed by atoms with Gasteiger partial charge in [0.1, 0.15) is 0 Å². The number of aldehydes is 1. The summed E-state index contributed by atoms with van der Waals surface area (Å²) in [6, 6.07) is 14.4. The number of carbonyl (C=O) groups excluding carboxylic acids is 1. The van der Waals surface area contributed by atoms with Crippen molar-refractivity contribution in [1.29, 1.82) is 0 Å². The Morgan fingerprint density at radius 2 is 1.76 bits per heavy atom. The second kappa shape index (κ2) is 5.21. The van der Waals surface area contributed by atoms with Crippen molar-refractivity contribution in [3.8, 4) is 11.3 Å². The summed E-state index contributed by atoms with van der Waals surface area (Å²) in [6.07, 6.45) is 0.956. The lowest BCUT2D eigenvalue weighted by atomic mass is 9.99. The Bertz CT molecular complexity index is 794. The number of aromatic amines is 1. The molecule has 0 unspecified atom stereocenters. The van der Waals surface area contributed by atoms with Gasteiger partial charge >= 0.3 is 0 Å². The minimum atomic E-state index is 0.415. The van der Waals surface area contributed by atoms with Crippen molar-refractivity contribution in [2.24, 2.45) is 0 Å². The summed E-state index contributed by atoms with van der Waals surface area (Å²) in [6.45, 7) is 6.40. The molecule has 0 aliphatic carbocycles. The number of hydrogen-bond acceptors (Lipinski definition) is 1. The van der Waals surface area contributed by atoms with Gasteiger partial charge < -0.3 is 4.98 Å². The molecule has 3 rings (SSSR count). The number of carbonyl (C=O) groups is 1. The zero-order valence-electron chi connectivity index (χ0n) is 12.6. The summed E-state index contributed by atoms with van der Waals surface area (Å²) >= 11 is 0. The third-order valence-electron chi connectivity index (χ3n) is 3.99. The first-order valence-electron chi connectivity index (χ1n) is 7.28. The Morgan fingerprint density at radius 1 is 1.05 bits per heavy atom. The highest BCUT2D eigenvalue weighted by molar-refractivity contribution is 6.05. The number of para-hydroxylation sites is 1. The fourth-order valence-corrected chi connectivity index (χ4v) is 2.81. The lowest BCUT2D eigenvalue weighted by Gasteiger charge is -2.06. The Balaban J connectivity index is 2.30. The quantitative estimate of drug-likeness (QED) is 0.665. The van der Waals surface area contributed by atoms with Crippen LogP contribution in [0.25, 0.3) is 22.2 Å². The van der Waals surface area contributed by atoms with Crippen molar-refractivity contribution in [2.45, 2.75) is 26.7 Å². The summed E-state index contributed by atoms with van der Waals surface area (Å²) in [5, 5.41) is 1.01. The fourth-order valence-electron chi connectivity index (χ4n) is 2.81. The highest BCUT2D eigenvalue weighted by Crippen LogP contribution is 2.33. The molecule has 2 heteroatoms. The average molecular weight is 277 g/mol. The van der Waals surface area contributed by atoms with E-state index >= 15 is 0 Å². The first kappa shape index (κ1) is 13.6. The summed E-state index contributed by atoms with van der Waals surface area (Å²) in [5.74, 6) is 0.415. The van der Waals surface area contributed by atoms with E-state index in [0.29, 0.717) is 5.92 Å². The molecule has 1 heterocycles. The van der Waals surface area contributed by atoms with Crippen molar-refractivity contribution >= 4 is 17.2 Å². The van der Waals surface area contributed by atoms with Gasteiger partial charge in [-0.15, -0.1) is 0 Å². The van der Waals surface area contributed by atoms with Crippen LogP contribution in [0.3, 0.4) is 0 Å². The van der Waals surface area contributed by atoms with Crippen LogP contribution in [0.4, 0.5) is 0 Å². The molecule has 0 fully saturated rings. The van der Waals surface area contributed by atoms with Crippen molar-refractivity contribution in [2.75, 3.05) is 0 Å². The van der Waals surface area contributed by atoms with E-state index in [-0.39, 0.29) is 0 Å². The van der Waals surface area contributed by atoms with Crippen LogP contribution in [0, 0.1) is 6.92 Å². The van der Waals surface area contributed by atoms with Crippen LogP contribution in [0.1, 0.15) is 41.3 Å². The normalized spacial score (nSPS) is 11.2. The molecule has 0 saturated heterocycles. The molecule has 0 atom stereocenters. The Morgan fingerprint density at radius 3 is 2.38 bits per heavy atom. The third kappa shape index (κ3) is 2.27. The molecule has 106 valence electrons. The molecule has 2 nitrogen and oxygen atoms in total. The highest BCUT2D eigenvalue weighted by Gasteiger charge is 2.15. The molecule has 0 aliphatic rings. The Labute approximate surface area is 124 Å². The van der Waals surface area contributed by atoms with E-state index in [9.17, 15) is 4.79 Å². The predicted molar refractivity (Wildman–Crippen MR) is 87.9 cm³/mol. The topological polar surface area (TPSA) is 32.9 Å². The average Bonchev–Trinajstić information content (AvgIpc) is 2.86. The van der Waals surface area contributed by atoms with Gasteiger partial charge in [-0.05, 0) is 24.0 Å². The summed E-state index contributed by atoms with van der Waals surface area (Å²) < 4.78 is 0. The largest absolute Gasteiger partial charge is 0.354 e. The number of aryl methyl sites for hydroxylation is 1. The Kier molecular flexibility index (Phi) is 3.38. The summed E-state index contributed by atoms with van der Waals surface area (Å²) in [7, 11) is 0. The monoisotopic (exact) mass is 277 g/mol. The second-order valence-corrected chi connectivity index (χ2v) is 5.82. The number of rotatable bonds is 3. The van der Waals surface area contributed by atoms with Gasteiger partial charge in [0.25, 0.3) is 0 Å². The van der Waals surface area contributed by atoms with Gasteiger partial charge in [0.05, 0.1) is 11.2 Å². The van der Waals surface area contributed by atoms with E-state index in [4.69, 9.17) is 0 Å². The first-order chi connectivity index (χ1) is 10.1. The third-order valence-corrected chi connectivity index (χ3v) is 3.99. The van der Waals surface area contributed by atoms with Gasteiger partial charge in [-0.25, -0.2) is 0 Å². The smallest absolute Gasteiger partial charge is 0.152 e. The van der Waals surface area contributed by atoms with Crippen molar-refractivity contribution in [3.63, 3.8) is 0 Å². The van der Waals surface area contributed by atoms with Crippen molar-refractivity contribution in [3.05, 3.63) is 59.2 Å². The van der Waals surface area contributed by atoms with Crippen molar-refractivity contribution < 1.29 is 4.79 Å². The fraction of sp³-hybridized carbons (Fsp3) is 0.211. The molecule has 0 amide bonds. The highest BCUT2D eigenvalue weighted by atomic mass is 16.1. The maximum atomic E-state index is 11.6. The van der Waals surface area contributed by atoms with Crippen LogP contribution in [0.5, 0.6) is 0 Å². The van der Waals surface area contributed by atoms with E-state index in [0.717, 1.165) is 34.0 Å². The number of fused-ring (bicyclic) bond motifs is 1. The van der Waals surface area contributed by atoms with Crippen LogP contribution in [0.2, 0.25) is 0 Å². The van der Waals surface area contributed by atoms with Crippen LogP contribution >= 0.6 is 0 Å². The predicted octanol–water partition coefficient (Wildman–Crippen LogP) is 5.08. The maximum absolute atomic E-state index is 11.6. The molecule has 0 aliphatic heterocycles. The number of nitrogens with one attached hydrogen (secondary N) is 1. The molecular formula is C19H19NO. The zero-order chi connectivity index (χ0) is 15.0. The standard InChI is InChI=1S/C19H19NO/c1-12(2)15-5-4-6-16-17(11-21)18(20-19(15)16)14-9-7-13(3)8-10-14/h4-12,20H,1-3H3. The molecule has 0 radical (unpaired) electrons. The second-order valence-electron chi connectivity index (χ2n) is 5.82. The van der Waals surface area contributed by atoms with Gasteiger partial charge in [0.15, 0.2) is 6.29 Å². The molecule has 0 spiro atoms. The van der Waals surface area contributed by atoms with E-state index in [2.05, 4.69) is 56.1 Å².